The smallest absolute Gasteiger partial charge is 0.335 e. The van der Waals surface area contributed by atoms with Crippen molar-refractivity contribution in [3.63, 3.8) is 0 Å². The van der Waals surface area contributed by atoms with Crippen molar-refractivity contribution in [2.75, 3.05) is 5.32 Å². The monoisotopic (exact) mass is 286 g/mol. The van der Waals surface area contributed by atoms with Crippen LogP contribution in [0.25, 0.3) is 0 Å². The van der Waals surface area contributed by atoms with Crippen LogP contribution in [-0.2, 0) is 0 Å². The molecule has 0 aliphatic carbocycles. The van der Waals surface area contributed by atoms with E-state index in [1.165, 1.54) is 6.07 Å². The van der Waals surface area contributed by atoms with Gasteiger partial charge in [0, 0.05) is 17.9 Å². The van der Waals surface area contributed by atoms with Crippen molar-refractivity contribution in [3.05, 3.63) is 53.3 Å². The highest BCUT2D eigenvalue weighted by Crippen LogP contribution is 2.17. The molecule has 0 bridgehead atoms. The van der Waals surface area contributed by atoms with Crippen LogP contribution >= 0.6 is 0 Å². The summed E-state index contributed by atoms with van der Waals surface area (Å²) in [5.74, 6) is -1.18. The number of carbonyl (C=O) groups is 2. The van der Waals surface area contributed by atoms with Gasteiger partial charge in [0.25, 0.3) is 5.91 Å². The van der Waals surface area contributed by atoms with E-state index in [0.29, 0.717) is 16.9 Å². The number of carboxylic acids is 1. The second-order valence-corrected chi connectivity index (χ2v) is 5.18. The second-order valence-electron chi connectivity index (χ2n) is 5.18. The summed E-state index contributed by atoms with van der Waals surface area (Å²) < 4.78 is 1.88. The Bertz CT molecular complexity index is 687. The molecule has 1 heterocycles. The average molecular weight is 286 g/mol. The van der Waals surface area contributed by atoms with E-state index in [9.17, 15) is 9.59 Å². The molecule has 5 nitrogen and oxygen atoms in total. The molecule has 1 aromatic heterocycles. The molecule has 1 aromatic carbocycles. The molecule has 5 heteroatoms. The Hall–Kier alpha value is -2.56. The molecule has 1 amide bonds. The predicted octanol–water partition coefficient (Wildman–Crippen LogP) is 3.33. The Morgan fingerprint density at radius 3 is 2.52 bits per heavy atom. The van der Waals surface area contributed by atoms with Crippen LogP contribution in [0.3, 0.4) is 0 Å². The van der Waals surface area contributed by atoms with Crippen LogP contribution in [0.1, 0.15) is 46.3 Å². The van der Waals surface area contributed by atoms with Crippen LogP contribution in [0, 0.1) is 6.92 Å². The summed E-state index contributed by atoms with van der Waals surface area (Å²) in [7, 11) is 0. The van der Waals surface area contributed by atoms with Crippen molar-refractivity contribution in [1.82, 2.24) is 4.57 Å². The molecular weight excluding hydrogens is 268 g/mol. The van der Waals surface area contributed by atoms with Crippen LogP contribution in [0.5, 0.6) is 0 Å². The van der Waals surface area contributed by atoms with Crippen molar-refractivity contribution in [1.29, 1.82) is 0 Å². The van der Waals surface area contributed by atoms with E-state index in [0.717, 1.165) is 0 Å². The van der Waals surface area contributed by atoms with Crippen LogP contribution in [0.4, 0.5) is 5.69 Å². The zero-order chi connectivity index (χ0) is 15.6. The zero-order valence-corrected chi connectivity index (χ0v) is 12.3. The van der Waals surface area contributed by atoms with E-state index in [-0.39, 0.29) is 17.5 Å². The molecule has 110 valence electrons. The molecule has 0 fully saturated rings. The minimum atomic E-state index is -0.973. The molecule has 0 aliphatic rings. The standard InChI is InChI=1S/C16H18N2O3/c1-10(2)18-8-4-5-14(18)15(19)17-12-6-7-13(16(20)21)11(3)9-12/h4-10H,1-3H3,(H,17,19)(H,20,21). The quantitative estimate of drug-likeness (QED) is 0.905. The fraction of sp³-hybridized carbons (Fsp3) is 0.250. The van der Waals surface area contributed by atoms with Gasteiger partial charge in [-0.3, -0.25) is 4.79 Å². The first-order valence-corrected chi connectivity index (χ1v) is 6.72. The molecule has 0 saturated heterocycles. The number of anilines is 1. The van der Waals surface area contributed by atoms with Gasteiger partial charge in [0.1, 0.15) is 5.69 Å². The molecule has 0 atom stereocenters. The van der Waals surface area contributed by atoms with Gasteiger partial charge < -0.3 is 15.0 Å². The Labute approximate surface area is 123 Å². The second kappa shape index (κ2) is 5.83. The molecule has 2 aromatic rings. The molecule has 0 aliphatic heterocycles. The summed E-state index contributed by atoms with van der Waals surface area (Å²) >= 11 is 0. The van der Waals surface area contributed by atoms with E-state index in [1.807, 2.05) is 30.7 Å². The number of aryl methyl sites for hydroxylation is 1. The minimum absolute atomic E-state index is 0.192. The first-order valence-electron chi connectivity index (χ1n) is 6.72. The van der Waals surface area contributed by atoms with Gasteiger partial charge >= 0.3 is 5.97 Å². The predicted molar refractivity (Wildman–Crippen MR) is 80.9 cm³/mol. The summed E-state index contributed by atoms with van der Waals surface area (Å²) in [5, 5.41) is 11.8. The van der Waals surface area contributed by atoms with Crippen molar-refractivity contribution < 1.29 is 14.7 Å². The molecule has 0 saturated carbocycles. The van der Waals surface area contributed by atoms with E-state index in [2.05, 4.69) is 5.32 Å². The maximum absolute atomic E-state index is 12.3. The molecular formula is C16H18N2O3. The third-order valence-electron chi connectivity index (χ3n) is 3.28. The first kappa shape index (κ1) is 14.8. The lowest BCUT2D eigenvalue weighted by Crippen LogP contribution is -2.18. The topological polar surface area (TPSA) is 71.3 Å². The number of hydrogen-bond donors (Lipinski definition) is 2. The number of carbonyl (C=O) groups excluding carboxylic acids is 1. The summed E-state index contributed by atoms with van der Waals surface area (Å²) in [6.45, 7) is 5.71. The number of nitrogens with zero attached hydrogens (tertiary/aromatic N) is 1. The average Bonchev–Trinajstić information content (AvgIpc) is 2.87. The van der Waals surface area contributed by atoms with Crippen molar-refractivity contribution in [2.45, 2.75) is 26.8 Å². The number of carboxylic acid groups (broad SMARTS) is 1. The third kappa shape index (κ3) is 3.13. The van der Waals surface area contributed by atoms with Crippen LogP contribution in [-0.4, -0.2) is 21.6 Å². The van der Waals surface area contributed by atoms with Crippen molar-refractivity contribution in [3.8, 4) is 0 Å². The highest BCUT2D eigenvalue weighted by atomic mass is 16.4. The SMILES string of the molecule is Cc1cc(NC(=O)c2cccn2C(C)C)ccc1C(=O)O. The maximum Gasteiger partial charge on any atom is 0.335 e. The van der Waals surface area contributed by atoms with Gasteiger partial charge in [0.15, 0.2) is 0 Å². The summed E-state index contributed by atoms with van der Waals surface area (Å²) in [5.41, 5.74) is 2.00. The largest absolute Gasteiger partial charge is 0.478 e. The van der Waals surface area contributed by atoms with Gasteiger partial charge in [0.2, 0.25) is 0 Å². The number of rotatable bonds is 4. The van der Waals surface area contributed by atoms with Crippen LogP contribution in [0.2, 0.25) is 0 Å². The number of aromatic nitrogens is 1. The zero-order valence-electron chi connectivity index (χ0n) is 12.3. The van der Waals surface area contributed by atoms with Crippen LogP contribution < -0.4 is 5.32 Å². The van der Waals surface area contributed by atoms with Gasteiger partial charge in [-0.2, -0.15) is 0 Å². The Morgan fingerprint density at radius 2 is 1.95 bits per heavy atom. The van der Waals surface area contributed by atoms with Gasteiger partial charge in [-0.25, -0.2) is 4.79 Å². The number of benzene rings is 1. The van der Waals surface area contributed by atoms with Gasteiger partial charge in [-0.05, 0) is 56.7 Å². The fourth-order valence-corrected chi connectivity index (χ4v) is 2.21. The molecule has 0 unspecified atom stereocenters. The Morgan fingerprint density at radius 1 is 1.24 bits per heavy atom. The van der Waals surface area contributed by atoms with Crippen LogP contribution in [0.15, 0.2) is 36.5 Å². The number of amides is 1. The minimum Gasteiger partial charge on any atom is -0.478 e. The third-order valence-corrected chi connectivity index (χ3v) is 3.28. The highest BCUT2D eigenvalue weighted by molar-refractivity contribution is 6.03. The summed E-state index contributed by atoms with van der Waals surface area (Å²) in [6.07, 6.45) is 1.86. The van der Waals surface area contributed by atoms with E-state index in [4.69, 9.17) is 5.11 Å². The first-order chi connectivity index (χ1) is 9.90. The Kier molecular flexibility index (Phi) is 4.12. The maximum atomic E-state index is 12.3. The number of aromatic carboxylic acids is 1. The molecule has 0 spiro atoms. The van der Waals surface area contributed by atoms with Gasteiger partial charge in [-0.15, -0.1) is 0 Å². The van der Waals surface area contributed by atoms with Crippen molar-refractivity contribution >= 4 is 17.6 Å². The fourth-order valence-electron chi connectivity index (χ4n) is 2.21. The van der Waals surface area contributed by atoms with E-state index in [1.54, 1.807) is 25.1 Å². The van der Waals surface area contributed by atoms with Crippen molar-refractivity contribution in [2.24, 2.45) is 0 Å². The normalized spacial score (nSPS) is 10.7. The molecule has 21 heavy (non-hydrogen) atoms. The highest BCUT2D eigenvalue weighted by Gasteiger charge is 2.14. The number of hydrogen-bond acceptors (Lipinski definition) is 2. The Balaban J connectivity index is 2.22. The lowest BCUT2D eigenvalue weighted by molar-refractivity contribution is 0.0696. The van der Waals surface area contributed by atoms with Gasteiger partial charge in [-0.1, -0.05) is 0 Å². The molecule has 2 N–H and O–H groups in total. The lowest BCUT2D eigenvalue weighted by Gasteiger charge is -2.13. The lowest BCUT2D eigenvalue weighted by atomic mass is 10.1. The number of nitrogens with one attached hydrogen (secondary N) is 1. The molecule has 2 rings (SSSR count). The summed E-state index contributed by atoms with van der Waals surface area (Å²) in [6, 6.07) is 8.52. The van der Waals surface area contributed by atoms with E-state index < -0.39 is 5.97 Å². The molecule has 0 radical (unpaired) electrons. The van der Waals surface area contributed by atoms with Gasteiger partial charge in [0.05, 0.1) is 5.56 Å². The van der Waals surface area contributed by atoms with E-state index >= 15 is 0 Å². The summed E-state index contributed by atoms with van der Waals surface area (Å²) in [4.78, 5) is 23.3.